The normalized spacial score (nSPS) is 11.1. The highest BCUT2D eigenvalue weighted by atomic mass is 35.5. The van der Waals surface area contributed by atoms with Gasteiger partial charge in [0.05, 0.1) is 21.3 Å². The Labute approximate surface area is 120 Å². The highest BCUT2D eigenvalue weighted by Crippen LogP contribution is 2.21. The van der Waals surface area contributed by atoms with E-state index in [0.717, 1.165) is 6.07 Å². The second-order valence-corrected chi connectivity index (χ2v) is 6.04. The van der Waals surface area contributed by atoms with Gasteiger partial charge in [0, 0.05) is 18.7 Å². The first-order valence-corrected chi connectivity index (χ1v) is 7.52. The molecule has 1 amide bonds. The number of non-ortho nitro benzene ring substituents is 1. The van der Waals surface area contributed by atoms with Gasteiger partial charge in [-0.05, 0) is 12.5 Å². The largest absolute Gasteiger partial charge is 0.352 e. The van der Waals surface area contributed by atoms with Crippen LogP contribution in [0.25, 0.3) is 0 Å². The number of rotatable bonds is 6. The molecule has 1 aromatic carbocycles. The number of nitrogens with one attached hydrogen (secondary N) is 1. The van der Waals surface area contributed by atoms with Crippen LogP contribution in [0.5, 0.6) is 0 Å². The topological polar surface area (TPSA) is 132 Å². The number of carbonyl (C=O) groups is 1. The van der Waals surface area contributed by atoms with Crippen LogP contribution in [0.4, 0.5) is 5.69 Å². The molecular formula is C10H12ClN3O5S. The second-order valence-electron chi connectivity index (χ2n) is 3.90. The maximum atomic E-state index is 11.8. The van der Waals surface area contributed by atoms with Gasteiger partial charge >= 0.3 is 0 Å². The lowest BCUT2D eigenvalue weighted by atomic mass is 10.2. The third-order valence-electron chi connectivity index (χ3n) is 2.30. The molecule has 10 heteroatoms. The zero-order valence-electron chi connectivity index (χ0n) is 10.2. The molecule has 0 bridgehead atoms. The van der Waals surface area contributed by atoms with Crippen LogP contribution in [0.1, 0.15) is 16.8 Å². The van der Waals surface area contributed by atoms with E-state index in [9.17, 15) is 23.3 Å². The van der Waals surface area contributed by atoms with Crippen LogP contribution in [0.15, 0.2) is 18.2 Å². The lowest BCUT2D eigenvalue weighted by molar-refractivity contribution is -0.384. The summed E-state index contributed by atoms with van der Waals surface area (Å²) in [6, 6.07) is 3.48. The first-order chi connectivity index (χ1) is 9.20. The maximum Gasteiger partial charge on any atom is 0.270 e. The summed E-state index contributed by atoms with van der Waals surface area (Å²) in [7, 11) is -3.58. The molecule has 0 aliphatic carbocycles. The lowest BCUT2D eigenvalue weighted by Gasteiger charge is -2.06. The molecule has 0 spiro atoms. The van der Waals surface area contributed by atoms with Gasteiger partial charge in [-0.15, -0.1) is 0 Å². The summed E-state index contributed by atoms with van der Waals surface area (Å²) in [5, 5.41) is 17.9. The first kappa shape index (κ1) is 16.3. The minimum Gasteiger partial charge on any atom is -0.352 e. The van der Waals surface area contributed by atoms with Crippen LogP contribution in [0.3, 0.4) is 0 Å². The number of nitro groups is 1. The highest BCUT2D eigenvalue weighted by molar-refractivity contribution is 7.89. The summed E-state index contributed by atoms with van der Waals surface area (Å²) in [5.74, 6) is -0.885. The summed E-state index contributed by atoms with van der Waals surface area (Å²) < 4.78 is 21.4. The Hall–Kier alpha value is -1.71. The van der Waals surface area contributed by atoms with Crippen molar-refractivity contribution < 1.29 is 18.1 Å². The number of hydrogen-bond donors (Lipinski definition) is 2. The standard InChI is InChI=1S/C10H12ClN3O5S/c11-9-3-2-7(14(16)17)6-8(9)10(15)13-4-1-5-20(12,18)19/h2-3,6H,1,4-5H2,(H,13,15)(H2,12,18,19). The Kier molecular flexibility index (Phi) is 5.43. The van der Waals surface area contributed by atoms with E-state index in [4.69, 9.17) is 16.7 Å². The van der Waals surface area contributed by atoms with E-state index in [1.54, 1.807) is 0 Å². The van der Waals surface area contributed by atoms with Crippen molar-refractivity contribution in [2.75, 3.05) is 12.3 Å². The van der Waals surface area contributed by atoms with E-state index in [0.29, 0.717) is 0 Å². The van der Waals surface area contributed by atoms with Gasteiger partial charge in [-0.1, -0.05) is 11.6 Å². The van der Waals surface area contributed by atoms with Gasteiger partial charge in [0.2, 0.25) is 10.0 Å². The van der Waals surface area contributed by atoms with Crippen molar-refractivity contribution in [2.24, 2.45) is 5.14 Å². The zero-order chi connectivity index (χ0) is 15.3. The van der Waals surface area contributed by atoms with Crippen LogP contribution in [0.2, 0.25) is 5.02 Å². The van der Waals surface area contributed by atoms with Crippen molar-refractivity contribution in [3.63, 3.8) is 0 Å². The van der Waals surface area contributed by atoms with Gasteiger partial charge in [0.15, 0.2) is 0 Å². The lowest BCUT2D eigenvalue weighted by Crippen LogP contribution is -2.27. The minimum atomic E-state index is -3.58. The number of halogens is 1. The minimum absolute atomic E-state index is 0.0449. The molecule has 0 saturated heterocycles. The fraction of sp³-hybridized carbons (Fsp3) is 0.300. The van der Waals surface area contributed by atoms with E-state index in [-0.39, 0.29) is 35.0 Å². The van der Waals surface area contributed by atoms with Crippen LogP contribution in [-0.2, 0) is 10.0 Å². The number of amides is 1. The van der Waals surface area contributed by atoms with Gasteiger partial charge < -0.3 is 5.32 Å². The van der Waals surface area contributed by atoms with Crippen molar-refractivity contribution in [2.45, 2.75) is 6.42 Å². The molecule has 0 saturated carbocycles. The van der Waals surface area contributed by atoms with Gasteiger partial charge in [0.25, 0.3) is 11.6 Å². The third-order valence-corrected chi connectivity index (χ3v) is 3.48. The molecule has 0 aromatic heterocycles. The fourth-order valence-electron chi connectivity index (χ4n) is 1.37. The number of primary sulfonamides is 1. The number of nitrogens with zero attached hydrogens (tertiary/aromatic N) is 1. The third kappa shape index (κ3) is 5.11. The average Bonchev–Trinajstić information content (AvgIpc) is 2.33. The number of sulfonamides is 1. The molecule has 0 heterocycles. The van der Waals surface area contributed by atoms with E-state index in [1.807, 2.05) is 0 Å². The second kappa shape index (κ2) is 6.64. The van der Waals surface area contributed by atoms with Crippen molar-refractivity contribution in [1.82, 2.24) is 5.32 Å². The molecule has 110 valence electrons. The quantitative estimate of drug-likeness (QED) is 0.451. The smallest absolute Gasteiger partial charge is 0.270 e. The predicted octanol–water partition coefficient (Wildman–Crippen LogP) is 0.657. The molecular weight excluding hydrogens is 310 g/mol. The fourth-order valence-corrected chi connectivity index (χ4v) is 2.12. The molecule has 8 nitrogen and oxygen atoms in total. The molecule has 1 aromatic rings. The number of nitrogens with two attached hydrogens (primary N) is 1. The molecule has 3 N–H and O–H groups in total. The molecule has 0 atom stereocenters. The van der Waals surface area contributed by atoms with Crippen LogP contribution in [-0.4, -0.2) is 31.5 Å². The van der Waals surface area contributed by atoms with Gasteiger partial charge in [-0.3, -0.25) is 14.9 Å². The van der Waals surface area contributed by atoms with E-state index in [1.165, 1.54) is 12.1 Å². The number of nitro benzene ring substituents is 1. The highest BCUT2D eigenvalue weighted by Gasteiger charge is 2.15. The van der Waals surface area contributed by atoms with Gasteiger partial charge in [-0.2, -0.15) is 0 Å². The summed E-state index contributed by atoms with van der Waals surface area (Å²) in [4.78, 5) is 21.7. The molecule has 0 aliphatic rings. The van der Waals surface area contributed by atoms with Gasteiger partial charge in [0.1, 0.15) is 0 Å². The SMILES string of the molecule is NS(=O)(=O)CCCNC(=O)c1cc([N+](=O)[O-])ccc1Cl. The molecule has 1 rings (SSSR count). The van der Waals surface area contributed by atoms with E-state index < -0.39 is 20.9 Å². The Morgan fingerprint density at radius 2 is 2.10 bits per heavy atom. The number of benzene rings is 1. The average molecular weight is 322 g/mol. The summed E-state index contributed by atoms with van der Waals surface area (Å²) >= 11 is 5.78. The summed E-state index contributed by atoms with van der Waals surface area (Å²) in [6.07, 6.45) is 0.136. The van der Waals surface area contributed by atoms with Crippen LogP contribution >= 0.6 is 11.6 Å². The zero-order valence-corrected chi connectivity index (χ0v) is 11.8. The molecule has 20 heavy (non-hydrogen) atoms. The number of carbonyl (C=O) groups excluding carboxylic acids is 1. The number of hydrogen-bond acceptors (Lipinski definition) is 5. The van der Waals surface area contributed by atoms with E-state index >= 15 is 0 Å². The van der Waals surface area contributed by atoms with Crippen LogP contribution in [0, 0.1) is 10.1 Å². The Balaban J connectivity index is 2.68. The van der Waals surface area contributed by atoms with Gasteiger partial charge in [-0.25, -0.2) is 13.6 Å². The molecule has 0 radical (unpaired) electrons. The molecule has 0 aliphatic heterocycles. The first-order valence-electron chi connectivity index (χ1n) is 5.43. The predicted molar refractivity (Wildman–Crippen MR) is 73.0 cm³/mol. The molecule has 0 unspecified atom stereocenters. The van der Waals surface area contributed by atoms with Crippen molar-refractivity contribution in [1.29, 1.82) is 0 Å². The Morgan fingerprint density at radius 3 is 2.65 bits per heavy atom. The van der Waals surface area contributed by atoms with Crippen LogP contribution < -0.4 is 10.5 Å². The van der Waals surface area contributed by atoms with E-state index in [2.05, 4.69) is 5.32 Å². The maximum absolute atomic E-state index is 11.8. The van der Waals surface area contributed by atoms with Crippen molar-refractivity contribution in [3.8, 4) is 0 Å². The Morgan fingerprint density at radius 1 is 1.45 bits per heavy atom. The van der Waals surface area contributed by atoms with Crippen molar-refractivity contribution in [3.05, 3.63) is 38.9 Å². The monoisotopic (exact) mass is 321 g/mol. The van der Waals surface area contributed by atoms with Crippen molar-refractivity contribution >= 4 is 33.2 Å². The summed E-state index contributed by atoms with van der Waals surface area (Å²) in [6.45, 7) is 0.0638. The Bertz CT molecular complexity index is 632. The summed E-state index contributed by atoms with van der Waals surface area (Å²) in [5.41, 5.74) is -0.305. The molecule has 0 fully saturated rings.